The van der Waals surface area contributed by atoms with Crippen LogP contribution in [0.25, 0.3) is 0 Å². The first kappa shape index (κ1) is 11.8. The van der Waals surface area contributed by atoms with Crippen LogP contribution in [0.4, 0.5) is 10.5 Å². The third kappa shape index (κ3) is 3.43. The van der Waals surface area contributed by atoms with Gasteiger partial charge in [0.1, 0.15) is 11.3 Å². The molecule has 1 amide bonds. The van der Waals surface area contributed by atoms with Gasteiger partial charge < -0.3 is 4.74 Å². The van der Waals surface area contributed by atoms with Gasteiger partial charge in [-0.2, -0.15) is 5.10 Å². The molecule has 0 aliphatic carbocycles. The average molecular weight is 232 g/mol. The van der Waals surface area contributed by atoms with Gasteiger partial charge in [0.25, 0.3) is 0 Å². The fraction of sp³-hybridized carbons (Fsp3) is 0.556. The van der Waals surface area contributed by atoms with Gasteiger partial charge in [-0.15, -0.1) is 0 Å². The number of nitrogens with one attached hydrogen (secondary N) is 1. The summed E-state index contributed by atoms with van der Waals surface area (Å²) in [6.07, 6.45) is 0.920. The summed E-state index contributed by atoms with van der Waals surface area (Å²) in [4.78, 5) is 11.4. The molecule has 0 bridgehead atoms. The fourth-order valence-corrected chi connectivity index (χ4v) is 1.06. The van der Waals surface area contributed by atoms with Crippen LogP contribution in [0.1, 0.15) is 20.8 Å². The van der Waals surface area contributed by atoms with Crippen molar-refractivity contribution in [3.63, 3.8) is 0 Å². The molecule has 0 unspecified atom stereocenters. The van der Waals surface area contributed by atoms with E-state index in [-0.39, 0.29) is 0 Å². The van der Waals surface area contributed by atoms with E-state index in [9.17, 15) is 4.79 Å². The molecule has 84 valence electrons. The number of aromatic nitrogens is 2. The van der Waals surface area contributed by atoms with Crippen LogP contribution in [0.2, 0.25) is 5.15 Å². The Morgan fingerprint density at radius 2 is 2.20 bits per heavy atom. The monoisotopic (exact) mass is 231 g/mol. The third-order valence-electron chi connectivity index (χ3n) is 1.50. The van der Waals surface area contributed by atoms with Crippen LogP contribution in [0.5, 0.6) is 0 Å². The number of nitrogens with zero attached hydrogens (tertiary/aromatic N) is 2. The third-order valence-corrected chi connectivity index (χ3v) is 1.95. The second-order valence-electron chi connectivity index (χ2n) is 4.10. The van der Waals surface area contributed by atoms with Gasteiger partial charge in [-0.1, -0.05) is 11.6 Å². The highest BCUT2D eigenvalue weighted by atomic mass is 35.5. The number of hydrogen-bond acceptors (Lipinski definition) is 3. The molecule has 0 radical (unpaired) electrons. The largest absolute Gasteiger partial charge is 0.444 e. The van der Waals surface area contributed by atoms with E-state index in [1.54, 1.807) is 27.8 Å². The minimum atomic E-state index is -0.544. The molecule has 1 heterocycles. The Balaban J connectivity index is 2.63. The zero-order chi connectivity index (χ0) is 11.6. The van der Waals surface area contributed by atoms with Crippen LogP contribution < -0.4 is 5.32 Å². The Morgan fingerprint density at radius 1 is 1.60 bits per heavy atom. The maximum atomic E-state index is 11.4. The maximum absolute atomic E-state index is 11.4. The van der Waals surface area contributed by atoms with Gasteiger partial charge in [0.15, 0.2) is 5.15 Å². The van der Waals surface area contributed by atoms with E-state index in [4.69, 9.17) is 16.3 Å². The number of amides is 1. The Morgan fingerprint density at radius 3 is 2.60 bits per heavy atom. The molecule has 0 atom stereocenters. The summed E-state index contributed by atoms with van der Waals surface area (Å²) >= 11 is 5.85. The van der Waals surface area contributed by atoms with Crippen LogP contribution in [-0.4, -0.2) is 21.5 Å². The van der Waals surface area contributed by atoms with Crippen LogP contribution >= 0.6 is 11.6 Å². The van der Waals surface area contributed by atoms with Gasteiger partial charge in [-0.3, -0.25) is 10.00 Å². The van der Waals surface area contributed by atoms with E-state index in [2.05, 4.69) is 10.4 Å². The van der Waals surface area contributed by atoms with E-state index in [1.807, 2.05) is 0 Å². The average Bonchev–Trinajstić information content (AvgIpc) is 2.32. The SMILES string of the molecule is Cn1ncc(NC(=O)OC(C)(C)C)c1Cl. The lowest BCUT2D eigenvalue weighted by Gasteiger charge is -2.19. The van der Waals surface area contributed by atoms with E-state index in [0.29, 0.717) is 10.8 Å². The molecule has 0 fully saturated rings. The lowest BCUT2D eigenvalue weighted by molar-refractivity contribution is 0.0636. The van der Waals surface area contributed by atoms with Crippen LogP contribution in [0.15, 0.2) is 6.20 Å². The van der Waals surface area contributed by atoms with Crippen molar-refractivity contribution in [1.82, 2.24) is 9.78 Å². The zero-order valence-electron chi connectivity index (χ0n) is 9.17. The van der Waals surface area contributed by atoms with Crippen molar-refractivity contribution in [2.75, 3.05) is 5.32 Å². The molecule has 1 aromatic heterocycles. The first-order chi connectivity index (χ1) is 6.79. The van der Waals surface area contributed by atoms with Crippen molar-refractivity contribution in [2.24, 2.45) is 7.05 Å². The highest BCUT2D eigenvalue weighted by Gasteiger charge is 2.17. The van der Waals surface area contributed by atoms with Gasteiger partial charge in [0, 0.05) is 7.05 Å². The smallest absolute Gasteiger partial charge is 0.412 e. The molecule has 6 heteroatoms. The molecule has 0 aliphatic rings. The Bertz CT molecular complexity index is 368. The van der Waals surface area contributed by atoms with Crippen molar-refractivity contribution >= 4 is 23.4 Å². The van der Waals surface area contributed by atoms with E-state index in [0.717, 1.165) is 0 Å². The second-order valence-corrected chi connectivity index (χ2v) is 4.46. The standard InChI is InChI=1S/C9H14ClN3O2/c1-9(2,3)15-8(14)12-6-5-11-13(4)7(6)10/h5H,1-4H3,(H,12,14). The Labute approximate surface area is 93.4 Å². The molecule has 5 nitrogen and oxygen atoms in total. The number of ether oxygens (including phenoxy) is 1. The lowest BCUT2D eigenvalue weighted by Crippen LogP contribution is -2.27. The lowest BCUT2D eigenvalue weighted by atomic mass is 10.2. The van der Waals surface area contributed by atoms with E-state index < -0.39 is 11.7 Å². The number of hydrogen-bond donors (Lipinski definition) is 1. The summed E-state index contributed by atoms with van der Waals surface area (Å²) < 4.78 is 6.51. The van der Waals surface area contributed by atoms with Gasteiger partial charge in [-0.25, -0.2) is 4.79 Å². The zero-order valence-corrected chi connectivity index (χ0v) is 9.92. The molecular weight excluding hydrogens is 218 g/mol. The highest BCUT2D eigenvalue weighted by Crippen LogP contribution is 2.20. The molecule has 0 spiro atoms. The molecule has 15 heavy (non-hydrogen) atoms. The van der Waals surface area contributed by atoms with E-state index in [1.165, 1.54) is 10.9 Å². The van der Waals surface area contributed by atoms with E-state index >= 15 is 0 Å². The van der Waals surface area contributed by atoms with Crippen molar-refractivity contribution in [2.45, 2.75) is 26.4 Å². The van der Waals surface area contributed by atoms with Gasteiger partial charge in [0.2, 0.25) is 0 Å². The van der Waals surface area contributed by atoms with Crippen molar-refractivity contribution in [3.8, 4) is 0 Å². The highest BCUT2D eigenvalue weighted by molar-refractivity contribution is 6.32. The van der Waals surface area contributed by atoms with Crippen LogP contribution in [-0.2, 0) is 11.8 Å². The molecular formula is C9H14ClN3O2. The minimum absolute atomic E-state index is 0.362. The summed E-state index contributed by atoms with van der Waals surface area (Å²) in [7, 11) is 1.68. The second kappa shape index (κ2) is 4.10. The molecule has 1 rings (SSSR count). The fourth-order valence-electron chi connectivity index (χ4n) is 0.920. The quantitative estimate of drug-likeness (QED) is 0.808. The summed E-state index contributed by atoms with van der Waals surface area (Å²) in [5.74, 6) is 0. The summed E-state index contributed by atoms with van der Waals surface area (Å²) in [6.45, 7) is 5.37. The number of carbonyl (C=O) groups excluding carboxylic acids is 1. The molecule has 0 aromatic carbocycles. The Kier molecular flexibility index (Phi) is 3.24. The van der Waals surface area contributed by atoms with Crippen LogP contribution in [0, 0.1) is 0 Å². The Hall–Kier alpha value is -1.23. The molecule has 1 N–H and O–H groups in total. The summed E-state index contributed by atoms with van der Waals surface area (Å²) in [6, 6.07) is 0. The maximum Gasteiger partial charge on any atom is 0.412 e. The molecule has 0 aliphatic heterocycles. The summed E-state index contributed by atoms with van der Waals surface area (Å²) in [5.41, 5.74) is -0.0907. The van der Waals surface area contributed by atoms with Crippen molar-refractivity contribution < 1.29 is 9.53 Å². The van der Waals surface area contributed by atoms with Gasteiger partial charge in [0.05, 0.1) is 6.20 Å². The molecule has 1 aromatic rings. The minimum Gasteiger partial charge on any atom is -0.444 e. The topological polar surface area (TPSA) is 56.2 Å². The number of rotatable bonds is 1. The molecule has 0 saturated carbocycles. The normalized spacial score (nSPS) is 11.3. The number of anilines is 1. The summed E-state index contributed by atoms with van der Waals surface area (Å²) in [5, 5.41) is 6.75. The van der Waals surface area contributed by atoms with Gasteiger partial charge >= 0.3 is 6.09 Å². The predicted octanol–water partition coefficient (Wildman–Crippen LogP) is 2.42. The number of aryl methyl sites for hydroxylation is 1. The van der Waals surface area contributed by atoms with Crippen molar-refractivity contribution in [1.29, 1.82) is 0 Å². The van der Waals surface area contributed by atoms with Crippen molar-refractivity contribution in [3.05, 3.63) is 11.3 Å². The van der Waals surface area contributed by atoms with Crippen LogP contribution in [0.3, 0.4) is 0 Å². The first-order valence-corrected chi connectivity index (χ1v) is 4.85. The van der Waals surface area contributed by atoms with Gasteiger partial charge in [-0.05, 0) is 20.8 Å². The first-order valence-electron chi connectivity index (χ1n) is 4.47. The molecule has 0 saturated heterocycles. The number of carbonyl (C=O) groups is 1. The number of halogens is 1. The predicted molar refractivity (Wildman–Crippen MR) is 58.1 cm³/mol.